The van der Waals surface area contributed by atoms with Gasteiger partial charge in [0.15, 0.2) is 6.61 Å². The maximum atomic E-state index is 12.3. The van der Waals surface area contributed by atoms with Gasteiger partial charge < -0.3 is 9.30 Å². The average Bonchev–Trinajstić information content (AvgIpc) is 2.91. The second kappa shape index (κ2) is 9.18. The molecule has 2 aromatic rings. The summed E-state index contributed by atoms with van der Waals surface area (Å²) < 4.78 is 7.26. The number of aryl methyl sites for hydroxylation is 3. The zero-order valence-corrected chi connectivity index (χ0v) is 17.1. The Bertz CT molecular complexity index is 974. The third-order valence-corrected chi connectivity index (χ3v) is 4.72. The van der Waals surface area contributed by atoms with Crippen LogP contribution in [0.15, 0.2) is 29.8 Å². The number of aromatic nitrogens is 1. The smallest absolute Gasteiger partial charge is 0.349 e. The standard InChI is InChI=1S/C23H26N2O3/c1-6-9-25-17(4)11-19(18(25)5)12-20(13-24)23(27)28-14-22(26)21-8-7-15(2)10-16(21)3/h7-8,10-12H,6,9,14H2,1-5H3/b20-12+. The highest BCUT2D eigenvalue weighted by Gasteiger charge is 2.17. The van der Waals surface area contributed by atoms with E-state index in [9.17, 15) is 14.9 Å². The lowest BCUT2D eigenvalue weighted by atomic mass is 10.0. The van der Waals surface area contributed by atoms with E-state index < -0.39 is 12.6 Å². The number of ketones is 1. The molecule has 28 heavy (non-hydrogen) atoms. The summed E-state index contributed by atoms with van der Waals surface area (Å²) in [5.74, 6) is -1.08. The Morgan fingerprint density at radius 2 is 1.89 bits per heavy atom. The summed E-state index contributed by atoms with van der Waals surface area (Å²) in [4.78, 5) is 24.7. The van der Waals surface area contributed by atoms with Crippen LogP contribution in [0.25, 0.3) is 6.08 Å². The lowest BCUT2D eigenvalue weighted by Crippen LogP contribution is -2.16. The van der Waals surface area contributed by atoms with Crippen LogP contribution < -0.4 is 0 Å². The van der Waals surface area contributed by atoms with Gasteiger partial charge >= 0.3 is 5.97 Å². The molecular weight excluding hydrogens is 352 g/mol. The quantitative estimate of drug-likeness (QED) is 0.308. The van der Waals surface area contributed by atoms with Gasteiger partial charge in [0.1, 0.15) is 11.6 Å². The number of nitrogens with zero attached hydrogens (tertiary/aromatic N) is 2. The van der Waals surface area contributed by atoms with Crippen LogP contribution in [0.2, 0.25) is 0 Å². The first-order chi connectivity index (χ1) is 13.3. The van der Waals surface area contributed by atoms with Crippen LogP contribution in [0, 0.1) is 39.0 Å². The maximum absolute atomic E-state index is 12.3. The Hall–Kier alpha value is -3.13. The van der Waals surface area contributed by atoms with E-state index in [0.717, 1.165) is 41.0 Å². The fourth-order valence-electron chi connectivity index (χ4n) is 3.25. The van der Waals surface area contributed by atoms with Gasteiger partial charge in [0.25, 0.3) is 0 Å². The molecule has 0 saturated carbocycles. The van der Waals surface area contributed by atoms with Crippen molar-refractivity contribution in [2.24, 2.45) is 0 Å². The summed E-state index contributed by atoms with van der Waals surface area (Å²) in [7, 11) is 0. The number of carbonyl (C=O) groups is 2. The first-order valence-electron chi connectivity index (χ1n) is 9.34. The fraction of sp³-hybridized carbons (Fsp3) is 0.348. The van der Waals surface area contributed by atoms with Gasteiger partial charge in [-0.1, -0.05) is 30.7 Å². The Morgan fingerprint density at radius 1 is 1.18 bits per heavy atom. The number of esters is 1. The molecule has 0 fully saturated rings. The summed E-state index contributed by atoms with van der Waals surface area (Å²) in [6.45, 7) is 10.3. The number of hydrogen-bond donors (Lipinski definition) is 0. The summed E-state index contributed by atoms with van der Waals surface area (Å²) in [6.07, 6.45) is 2.52. The molecule has 0 aliphatic rings. The van der Waals surface area contributed by atoms with Crippen LogP contribution in [0.4, 0.5) is 0 Å². The largest absolute Gasteiger partial charge is 0.453 e. The fourth-order valence-corrected chi connectivity index (χ4v) is 3.25. The van der Waals surface area contributed by atoms with Crippen LogP contribution in [0.5, 0.6) is 0 Å². The Labute approximate surface area is 166 Å². The number of carbonyl (C=O) groups excluding carboxylic acids is 2. The molecule has 2 rings (SSSR count). The molecule has 1 aromatic carbocycles. The van der Waals surface area contributed by atoms with Gasteiger partial charge in [-0.2, -0.15) is 5.26 Å². The van der Waals surface area contributed by atoms with Crippen molar-refractivity contribution in [2.75, 3.05) is 6.61 Å². The first kappa shape index (κ1) is 21.2. The van der Waals surface area contributed by atoms with Crippen molar-refractivity contribution in [3.05, 3.63) is 63.5 Å². The summed E-state index contributed by atoms with van der Waals surface area (Å²) in [5, 5.41) is 9.37. The van der Waals surface area contributed by atoms with E-state index in [1.54, 1.807) is 6.07 Å². The zero-order valence-electron chi connectivity index (χ0n) is 17.1. The molecule has 0 radical (unpaired) electrons. The monoisotopic (exact) mass is 378 g/mol. The molecule has 5 heteroatoms. The molecule has 0 amide bonds. The maximum Gasteiger partial charge on any atom is 0.349 e. The number of nitriles is 1. The average molecular weight is 378 g/mol. The highest BCUT2D eigenvalue weighted by atomic mass is 16.5. The van der Waals surface area contributed by atoms with Gasteiger partial charge in [0.05, 0.1) is 0 Å². The van der Waals surface area contributed by atoms with E-state index >= 15 is 0 Å². The summed E-state index contributed by atoms with van der Waals surface area (Å²) in [5.41, 5.74) is 5.16. The lowest BCUT2D eigenvalue weighted by Gasteiger charge is -2.08. The molecule has 0 N–H and O–H groups in total. The van der Waals surface area contributed by atoms with E-state index in [-0.39, 0.29) is 11.4 Å². The number of benzene rings is 1. The van der Waals surface area contributed by atoms with Gasteiger partial charge in [-0.05, 0) is 57.4 Å². The van der Waals surface area contributed by atoms with Crippen molar-refractivity contribution in [3.8, 4) is 6.07 Å². The Balaban J connectivity index is 2.14. The third-order valence-electron chi connectivity index (χ3n) is 4.72. The Morgan fingerprint density at radius 3 is 2.50 bits per heavy atom. The number of rotatable bonds is 7. The molecule has 0 aliphatic heterocycles. The summed E-state index contributed by atoms with van der Waals surface area (Å²) in [6, 6.07) is 9.30. The predicted molar refractivity (Wildman–Crippen MR) is 109 cm³/mol. The third kappa shape index (κ3) is 4.77. The van der Waals surface area contributed by atoms with Crippen molar-refractivity contribution in [2.45, 2.75) is 47.6 Å². The topological polar surface area (TPSA) is 72.1 Å². The van der Waals surface area contributed by atoms with E-state index in [2.05, 4.69) is 11.5 Å². The molecule has 5 nitrogen and oxygen atoms in total. The van der Waals surface area contributed by atoms with Gasteiger partial charge in [0, 0.05) is 23.5 Å². The molecule has 0 atom stereocenters. The minimum Gasteiger partial charge on any atom is -0.453 e. The highest BCUT2D eigenvalue weighted by molar-refractivity contribution is 6.02. The van der Waals surface area contributed by atoms with E-state index in [1.807, 2.05) is 52.0 Å². The van der Waals surface area contributed by atoms with Gasteiger partial charge in [0.2, 0.25) is 5.78 Å². The molecule has 0 bridgehead atoms. The lowest BCUT2D eigenvalue weighted by molar-refractivity contribution is -0.137. The van der Waals surface area contributed by atoms with Crippen LogP contribution >= 0.6 is 0 Å². The Kier molecular flexibility index (Phi) is 6.94. The summed E-state index contributed by atoms with van der Waals surface area (Å²) >= 11 is 0. The van der Waals surface area contributed by atoms with Gasteiger partial charge in [-0.3, -0.25) is 4.79 Å². The van der Waals surface area contributed by atoms with E-state index in [0.29, 0.717) is 5.56 Å². The van der Waals surface area contributed by atoms with Crippen LogP contribution in [-0.2, 0) is 16.1 Å². The molecule has 0 aliphatic carbocycles. The molecule has 1 aromatic heterocycles. The molecule has 1 heterocycles. The van der Waals surface area contributed by atoms with E-state index in [4.69, 9.17) is 4.74 Å². The second-order valence-electron chi connectivity index (χ2n) is 6.97. The predicted octanol–water partition coefficient (Wildman–Crippen LogP) is 4.46. The van der Waals surface area contributed by atoms with Crippen LogP contribution in [0.1, 0.15) is 51.8 Å². The molecular formula is C23H26N2O3. The molecule has 0 spiro atoms. The van der Waals surface area contributed by atoms with Gasteiger partial charge in [-0.15, -0.1) is 0 Å². The molecule has 0 saturated heterocycles. The van der Waals surface area contributed by atoms with Crippen molar-refractivity contribution in [1.29, 1.82) is 5.26 Å². The minimum atomic E-state index is -0.791. The highest BCUT2D eigenvalue weighted by Crippen LogP contribution is 2.19. The van der Waals surface area contributed by atoms with Crippen LogP contribution in [-0.4, -0.2) is 22.9 Å². The van der Waals surface area contributed by atoms with Crippen molar-refractivity contribution in [3.63, 3.8) is 0 Å². The number of ether oxygens (including phenoxy) is 1. The zero-order chi connectivity index (χ0) is 20.8. The first-order valence-corrected chi connectivity index (χ1v) is 9.34. The molecule has 0 unspecified atom stereocenters. The number of Topliss-reactive ketones (excluding diaryl/α,β-unsaturated/α-hetero) is 1. The minimum absolute atomic E-state index is 0.120. The van der Waals surface area contributed by atoms with E-state index in [1.165, 1.54) is 6.08 Å². The van der Waals surface area contributed by atoms with Crippen LogP contribution in [0.3, 0.4) is 0 Å². The SMILES string of the molecule is CCCn1c(C)cc(/C=C(\C#N)C(=O)OCC(=O)c2ccc(C)cc2C)c1C. The second-order valence-corrected chi connectivity index (χ2v) is 6.97. The van der Waals surface area contributed by atoms with Crippen molar-refractivity contribution < 1.29 is 14.3 Å². The normalized spacial score (nSPS) is 11.2. The molecule has 146 valence electrons. The van der Waals surface area contributed by atoms with Gasteiger partial charge in [-0.25, -0.2) is 4.79 Å². The van der Waals surface area contributed by atoms with Crippen molar-refractivity contribution in [1.82, 2.24) is 4.57 Å². The van der Waals surface area contributed by atoms with Crippen molar-refractivity contribution >= 4 is 17.8 Å². The number of hydrogen-bond acceptors (Lipinski definition) is 4.